The Morgan fingerprint density at radius 2 is 1.30 bits per heavy atom. The first kappa shape index (κ1) is 24.4. The summed E-state index contributed by atoms with van der Waals surface area (Å²) in [5.74, 6) is 1.06. The van der Waals surface area contributed by atoms with E-state index < -0.39 is 10.1 Å². The Hall–Kier alpha value is -1.85. The molecular weight excluding hydrogens is 396 g/mol. The minimum atomic E-state index is -4.27. The largest absolute Gasteiger partial charge is 0.457 e. The molecule has 0 aromatic heterocycles. The summed E-state index contributed by atoms with van der Waals surface area (Å²) in [7, 11) is -4.27. The second-order valence-corrected chi connectivity index (χ2v) is 9.41. The van der Waals surface area contributed by atoms with Gasteiger partial charge in [0, 0.05) is 6.07 Å². The molecule has 166 valence electrons. The van der Waals surface area contributed by atoms with Gasteiger partial charge in [-0.25, -0.2) is 0 Å². The van der Waals surface area contributed by atoms with Crippen molar-refractivity contribution in [2.75, 3.05) is 0 Å². The van der Waals surface area contributed by atoms with Gasteiger partial charge in [-0.05, 0) is 42.7 Å². The van der Waals surface area contributed by atoms with Crippen molar-refractivity contribution in [2.24, 2.45) is 0 Å². The van der Waals surface area contributed by atoms with Gasteiger partial charge in [0.05, 0.1) is 4.90 Å². The van der Waals surface area contributed by atoms with E-state index in [1.165, 1.54) is 63.9 Å². The molecule has 0 atom stereocenters. The molecule has 0 fully saturated rings. The van der Waals surface area contributed by atoms with Crippen LogP contribution in [0, 0.1) is 0 Å². The lowest BCUT2D eigenvalue weighted by Crippen LogP contribution is -2.00. The molecule has 0 bridgehead atoms. The highest BCUT2D eigenvalue weighted by Crippen LogP contribution is 2.27. The Morgan fingerprint density at radius 3 is 1.87 bits per heavy atom. The quantitative estimate of drug-likeness (QED) is 0.233. The first-order valence-electron chi connectivity index (χ1n) is 11.3. The first-order valence-corrected chi connectivity index (χ1v) is 12.8. The summed E-state index contributed by atoms with van der Waals surface area (Å²) < 4.78 is 38.6. The number of unbranched alkanes of at least 4 members (excludes halogenated alkanes) is 10. The van der Waals surface area contributed by atoms with Crippen LogP contribution in [0.2, 0.25) is 0 Å². The molecular formula is C25H36O4S. The zero-order chi connectivity index (χ0) is 21.7. The average molecular weight is 433 g/mol. The summed E-state index contributed by atoms with van der Waals surface area (Å²) in [6.45, 7) is 2.25. The summed E-state index contributed by atoms with van der Waals surface area (Å²) in [6.07, 6.45) is 14.8. The van der Waals surface area contributed by atoms with Crippen molar-refractivity contribution in [2.45, 2.75) is 88.9 Å². The monoisotopic (exact) mass is 432 g/mol. The van der Waals surface area contributed by atoms with Crippen LogP contribution in [0.1, 0.15) is 83.1 Å². The van der Waals surface area contributed by atoms with Crippen molar-refractivity contribution < 1.29 is 17.7 Å². The molecule has 0 heterocycles. The second kappa shape index (κ2) is 13.5. The second-order valence-electron chi connectivity index (χ2n) is 7.99. The van der Waals surface area contributed by atoms with Crippen molar-refractivity contribution in [3.05, 3.63) is 54.1 Å². The van der Waals surface area contributed by atoms with Crippen LogP contribution < -0.4 is 4.74 Å². The molecule has 2 aromatic carbocycles. The summed E-state index contributed by atoms with van der Waals surface area (Å²) in [5.41, 5.74) is 0.868. The number of aryl methyl sites for hydroxylation is 1. The van der Waals surface area contributed by atoms with Crippen LogP contribution in [0.4, 0.5) is 0 Å². The predicted octanol–water partition coefficient (Wildman–Crippen LogP) is 7.58. The number of para-hydroxylation sites is 1. The van der Waals surface area contributed by atoms with Crippen molar-refractivity contribution in [1.29, 1.82) is 0 Å². The fourth-order valence-corrected chi connectivity index (χ4v) is 4.17. The van der Waals surface area contributed by atoms with Gasteiger partial charge in [0.1, 0.15) is 11.5 Å². The minimum Gasteiger partial charge on any atom is -0.457 e. The lowest BCUT2D eigenvalue weighted by Gasteiger charge is -2.10. The predicted molar refractivity (Wildman–Crippen MR) is 123 cm³/mol. The highest BCUT2D eigenvalue weighted by atomic mass is 32.2. The molecule has 0 aliphatic rings. The third-order valence-corrected chi connectivity index (χ3v) is 6.12. The lowest BCUT2D eigenvalue weighted by molar-refractivity contribution is 0.470. The van der Waals surface area contributed by atoms with E-state index in [9.17, 15) is 13.0 Å². The fraction of sp³-hybridized carbons (Fsp3) is 0.520. The van der Waals surface area contributed by atoms with Crippen LogP contribution in [0.15, 0.2) is 53.4 Å². The number of hydrogen-bond donors (Lipinski definition) is 1. The van der Waals surface area contributed by atoms with E-state index in [2.05, 4.69) is 6.92 Å². The molecule has 1 N–H and O–H groups in total. The minimum absolute atomic E-state index is 0.117. The first-order chi connectivity index (χ1) is 14.5. The fourth-order valence-electron chi connectivity index (χ4n) is 3.60. The molecule has 30 heavy (non-hydrogen) atoms. The standard InChI is InChI=1S/C25H36O4S/c1-2-3-4-5-6-7-8-9-10-11-13-16-22-19-24(21-25(20-22)30(26,27)28)29-23-17-14-12-15-18-23/h12,14-15,17-21H,2-11,13,16H2,1H3,(H,26,27,28). The summed E-state index contributed by atoms with van der Waals surface area (Å²) in [6, 6.07) is 14.0. The van der Waals surface area contributed by atoms with Gasteiger partial charge in [0.15, 0.2) is 0 Å². The Bertz CT molecular complexity index is 831. The van der Waals surface area contributed by atoms with Crippen LogP contribution in [0.25, 0.3) is 0 Å². The van der Waals surface area contributed by atoms with Crippen LogP contribution in [0.5, 0.6) is 11.5 Å². The van der Waals surface area contributed by atoms with E-state index in [0.717, 1.165) is 24.8 Å². The maximum absolute atomic E-state index is 11.6. The van der Waals surface area contributed by atoms with Crippen LogP contribution in [-0.4, -0.2) is 13.0 Å². The molecule has 0 unspecified atom stereocenters. The number of rotatable bonds is 15. The van der Waals surface area contributed by atoms with E-state index in [1.807, 2.05) is 36.4 Å². The third kappa shape index (κ3) is 9.77. The number of hydrogen-bond acceptors (Lipinski definition) is 3. The molecule has 2 aromatic rings. The van der Waals surface area contributed by atoms with Crippen LogP contribution in [-0.2, 0) is 16.5 Å². The molecule has 2 rings (SSSR count). The molecule has 0 aliphatic heterocycles. The highest BCUT2D eigenvalue weighted by Gasteiger charge is 2.13. The Labute approximate surface area is 182 Å². The summed E-state index contributed by atoms with van der Waals surface area (Å²) >= 11 is 0. The molecule has 0 aliphatic carbocycles. The average Bonchev–Trinajstić information content (AvgIpc) is 2.72. The molecule has 0 amide bonds. The van der Waals surface area contributed by atoms with E-state index in [1.54, 1.807) is 6.07 Å². The van der Waals surface area contributed by atoms with Gasteiger partial charge in [0.2, 0.25) is 0 Å². The van der Waals surface area contributed by atoms with Gasteiger partial charge in [-0.2, -0.15) is 8.42 Å². The van der Waals surface area contributed by atoms with Gasteiger partial charge in [-0.3, -0.25) is 4.55 Å². The Balaban J connectivity index is 1.78. The molecule has 0 radical (unpaired) electrons. The molecule has 0 spiro atoms. The van der Waals surface area contributed by atoms with E-state index in [4.69, 9.17) is 4.74 Å². The topological polar surface area (TPSA) is 63.6 Å². The molecule has 0 saturated carbocycles. The Morgan fingerprint density at radius 1 is 0.733 bits per heavy atom. The van der Waals surface area contributed by atoms with Gasteiger partial charge < -0.3 is 4.74 Å². The number of ether oxygens (including phenoxy) is 1. The normalized spacial score (nSPS) is 11.5. The highest BCUT2D eigenvalue weighted by molar-refractivity contribution is 7.85. The lowest BCUT2D eigenvalue weighted by atomic mass is 10.0. The van der Waals surface area contributed by atoms with Crippen LogP contribution >= 0.6 is 0 Å². The number of benzene rings is 2. The SMILES string of the molecule is CCCCCCCCCCCCCc1cc(Oc2ccccc2)cc(S(=O)(=O)O)c1. The zero-order valence-corrected chi connectivity index (χ0v) is 19.0. The van der Waals surface area contributed by atoms with Gasteiger partial charge in [-0.15, -0.1) is 0 Å². The third-order valence-electron chi connectivity index (χ3n) is 5.29. The van der Waals surface area contributed by atoms with E-state index >= 15 is 0 Å². The van der Waals surface area contributed by atoms with Gasteiger partial charge in [-0.1, -0.05) is 89.3 Å². The van der Waals surface area contributed by atoms with Crippen molar-refractivity contribution in [1.82, 2.24) is 0 Å². The molecule has 5 heteroatoms. The van der Waals surface area contributed by atoms with Crippen LogP contribution in [0.3, 0.4) is 0 Å². The van der Waals surface area contributed by atoms with E-state index in [-0.39, 0.29) is 4.90 Å². The summed E-state index contributed by atoms with van der Waals surface area (Å²) in [4.78, 5) is -0.117. The summed E-state index contributed by atoms with van der Waals surface area (Å²) in [5, 5.41) is 0. The smallest absolute Gasteiger partial charge is 0.294 e. The molecule has 0 saturated heterocycles. The van der Waals surface area contributed by atoms with Gasteiger partial charge in [0.25, 0.3) is 10.1 Å². The molecule has 4 nitrogen and oxygen atoms in total. The Kier molecular flexibility index (Phi) is 11.0. The maximum Gasteiger partial charge on any atom is 0.294 e. The zero-order valence-electron chi connectivity index (χ0n) is 18.2. The maximum atomic E-state index is 11.6. The van der Waals surface area contributed by atoms with Gasteiger partial charge >= 0.3 is 0 Å². The van der Waals surface area contributed by atoms with Crippen molar-refractivity contribution >= 4 is 10.1 Å². The van der Waals surface area contributed by atoms with Crippen molar-refractivity contribution in [3.8, 4) is 11.5 Å². The van der Waals surface area contributed by atoms with Crippen molar-refractivity contribution in [3.63, 3.8) is 0 Å². The van der Waals surface area contributed by atoms with E-state index in [0.29, 0.717) is 11.5 Å².